The standard InChI is InChI=1S/C36H61O4PSi3/c1-34(2,3)43(11,12)38-32-27-29(25-26-41(37,30-21-17-15-18-22-30)31-23-19-16-20-24-31)28-33(36(32,7)40-42(8,9)10)39-44(13,14)35(4,5)6/h15-24,27,32-33H,25-26,28H2,1-14H3/t32-,33-,36?/m1/s1. The fraction of sp³-hybridized carbons (Fsp3) is 0.611. The number of benzene rings is 2. The molecule has 1 aliphatic rings. The summed E-state index contributed by atoms with van der Waals surface area (Å²) < 4.78 is 36.8. The van der Waals surface area contributed by atoms with Crippen molar-refractivity contribution in [2.45, 2.75) is 135 Å². The smallest absolute Gasteiger partial charge is 0.193 e. The molecule has 0 amide bonds. The average Bonchev–Trinajstić information content (AvgIpc) is 2.88. The van der Waals surface area contributed by atoms with Crippen LogP contribution in [0.4, 0.5) is 0 Å². The lowest BCUT2D eigenvalue weighted by Crippen LogP contribution is -2.64. The van der Waals surface area contributed by atoms with Crippen LogP contribution < -0.4 is 10.6 Å². The summed E-state index contributed by atoms with van der Waals surface area (Å²) in [6.07, 6.45) is 3.98. The Balaban J connectivity index is 2.13. The van der Waals surface area contributed by atoms with E-state index in [1.165, 1.54) is 5.57 Å². The maximum Gasteiger partial charge on any atom is 0.193 e. The molecule has 0 aliphatic heterocycles. The van der Waals surface area contributed by atoms with Crippen molar-refractivity contribution < 1.29 is 17.8 Å². The highest BCUT2D eigenvalue weighted by molar-refractivity contribution is 7.78. The van der Waals surface area contributed by atoms with Crippen LogP contribution in [0.2, 0.25) is 55.9 Å². The summed E-state index contributed by atoms with van der Waals surface area (Å²) >= 11 is 0. The lowest BCUT2D eigenvalue weighted by molar-refractivity contribution is -0.101. The van der Waals surface area contributed by atoms with Crippen LogP contribution in [0.3, 0.4) is 0 Å². The molecule has 246 valence electrons. The van der Waals surface area contributed by atoms with Gasteiger partial charge in [0.15, 0.2) is 25.0 Å². The summed E-state index contributed by atoms with van der Waals surface area (Å²) in [6.45, 7) is 32.1. The average molecular weight is 673 g/mol. The molecule has 2 aromatic rings. The highest BCUT2D eigenvalue weighted by Crippen LogP contribution is 2.49. The van der Waals surface area contributed by atoms with E-state index in [4.69, 9.17) is 13.3 Å². The molecule has 0 bridgehead atoms. The van der Waals surface area contributed by atoms with Gasteiger partial charge in [-0.25, -0.2) is 0 Å². The molecule has 4 nitrogen and oxygen atoms in total. The molecule has 3 rings (SSSR count). The first-order valence-electron chi connectivity index (χ1n) is 16.4. The van der Waals surface area contributed by atoms with Crippen molar-refractivity contribution in [1.82, 2.24) is 0 Å². The van der Waals surface area contributed by atoms with Crippen molar-refractivity contribution in [2.75, 3.05) is 6.16 Å². The van der Waals surface area contributed by atoms with Crippen molar-refractivity contribution in [3.63, 3.8) is 0 Å². The lowest BCUT2D eigenvalue weighted by atomic mass is 9.81. The largest absolute Gasteiger partial charge is 0.411 e. The molecule has 0 aromatic heterocycles. The molecule has 0 N–H and O–H groups in total. The molecule has 0 heterocycles. The van der Waals surface area contributed by atoms with Gasteiger partial charge in [-0.15, -0.1) is 0 Å². The summed E-state index contributed by atoms with van der Waals surface area (Å²) in [5.41, 5.74) is 0.642. The first kappa shape index (κ1) is 37.4. The predicted octanol–water partition coefficient (Wildman–Crippen LogP) is 10.1. The van der Waals surface area contributed by atoms with Crippen molar-refractivity contribution >= 4 is 42.7 Å². The molecule has 0 saturated carbocycles. The van der Waals surface area contributed by atoms with Gasteiger partial charge in [0.2, 0.25) is 0 Å². The fourth-order valence-corrected chi connectivity index (χ4v) is 12.4. The van der Waals surface area contributed by atoms with Crippen LogP contribution in [0.5, 0.6) is 0 Å². The second kappa shape index (κ2) is 13.2. The minimum atomic E-state index is -2.86. The first-order chi connectivity index (χ1) is 19.9. The third-order valence-electron chi connectivity index (χ3n) is 10.1. The van der Waals surface area contributed by atoms with Gasteiger partial charge in [-0.05, 0) is 75.7 Å². The SMILES string of the molecule is CC1(O[Si](C)(C)C)[C@H](O[Si](C)(C)C(C)(C)C)C=C(CCP(=O)(c2ccccc2)c2ccccc2)C[C@H]1O[Si](C)(C)C(C)(C)C. The highest BCUT2D eigenvalue weighted by atomic mass is 31.2. The second-order valence-electron chi connectivity index (χ2n) is 17.0. The van der Waals surface area contributed by atoms with E-state index < -0.39 is 37.7 Å². The molecule has 0 saturated heterocycles. The molecular formula is C36H61O4PSi3. The minimum absolute atomic E-state index is 0.0463. The third kappa shape index (κ3) is 8.64. The number of hydrogen-bond acceptors (Lipinski definition) is 4. The maximum absolute atomic E-state index is 15.0. The first-order valence-corrected chi connectivity index (χ1v) is 27.5. The van der Waals surface area contributed by atoms with Crippen LogP contribution in [0, 0.1) is 0 Å². The van der Waals surface area contributed by atoms with Gasteiger partial charge in [-0.2, -0.15) is 0 Å². The van der Waals surface area contributed by atoms with Crippen LogP contribution in [0.15, 0.2) is 72.3 Å². The Labute approximate surface area is 273 Å². The summed E-state index contributed by atoms with van der Waals surface area (Å²) in [6, 6.07) is 20.1. The van der Waals surface area contributed by atoms with E-state index in [1.54, 1.807) is 0 Å². The van der Waals surface area contributed by atoms with E-state index in [0.29, 0.717) is 6.16 Å². The molecule has 1 unspecified atom stereocenters. The Kier molecular flexibility index (Phi) is 11.2. The Hall–Kier alpha value is -1.06. The van der Waals surface area contributed by atoms with E-state index >= 15 is 0 Å². The topological polar surface area (TPSA) is 44.8 Å². The van der Waals surface area contributed by atoms with Gasteiger partial charge >= 0.3 is 0 Å². The van der Waals surface area contributed by atoms with Crippen molar-refractivity contribution in [3.8, 4) is 0 Å². The lowest BCUT2D eigenvalue weighted by Gasteiger charge is -2.54. The quantitative estimate of drug-likeness (QED) is 0.135. The second-order valence-corrected chi connectivity index (χ2v) is 33.9. The van der Waals surface area contributed by atoms with E-state index in [-0.39, 0.29) is 22.3 Å². The number of rotatable bonds is 11. The zero-order chi connectivity index (χ0) is 33.4. The van der Waals surface area contributed by atoms with Gasteiger partial charge in [-0.1, -0.05) is 114 Å². The summed E-state index contributed by atoms with van der Waals surface area (Å²) in [5.74, 6) is 0. The molecule has 0 fully saturated rings. The zero-order valence-corrected chi connectivity index (χ0v) is 34.1. The van der Waals surface area contributed by atoms with Crippen LogP contribution >= 0.6 is 7.14 Å². The van der Waals surface area contributed by atoms with Crippen molar-refractivity contribution in [3.05, 3.63) is 72.3 Å². The molecule has 3 atom stereocenters. The fourth-order valence-electron chi connectivity index (χ4n) is 5.42. The maximum atomic E-state index is 15.0. The van der Waals surface area contributed by atoms with Crippen LogP contribution in [-0.2, 0) is 17.8 Å². The third-order valence-corrected chi connectivity index (χ3v) is 23.2. The molecule has 8 heteroatoms. The van der Waals surface area contributed by atoms with Gasteiger partial charge in [0.1, 0.15) is 12.7 Å². The summed E-state index contributed by atoms with van der Waals surface area (Å²) in [5, 5.41) is 1.93. The Morgan fingerprint density at radius 3 is 1.59 bits per heavy atom. The van der Waals surface area contributed by atoms with E-state index in [2.05, 4.69) is 100 Å². The molecular weight excluding hydrogens is 612 g/mol. The monoisotopic (exact) mass is 672 g/mol. The molecule has 2 aromatic carbocycles. The zero-order valence-electron chi connectivity index (χ0n) is 30.2. The molecule has 0 spiro atoms. The highest BCUT2D eigenvalue weighted by Gasteiger charge is 2.54. The molecule has 44 heavy (non-hydrogen) atoms. The van der Waals surface area contributed by atoms with Crippen molar-refractivity contribution in [2.24, 2.45) is 0 Å². The number of hydrogen-bond donors (Lipinski definition) is 0. The van der Waals surface area contributed by atoms with E-state index in [9.17, 15) is 4.57 Å². The Bertz CT molecular complexity index is 1280. The molecule has 1 aliphatic carbocycles. The van der Waals surface area contributed by atoms with Crippen LogP contribution in [0.1, 0.15) is 61.3 Å². The predicted molar refractivity (Wildman–Crippen MR) is 199 cm³/mol. The van der Waals surface area contributed by atoms with Gasteiger partial charge < -0.3 is 17.8 Å². The van der Waals surface area contributed by atoms with Gasteiger partial charge in [0, 0.05) is 16.8 Å². The Morgan fingerprint density at radius 2 is 1.18 bits per heavy atom. The van der Waals surface area contributed by atoms with Crippen molar-refractivity contribution in [1.29, 1.82) is 0 Å². The summed E-state index contributed by atoms with van der Waals surface area (Å²) in [4.78, 5) is 0. The molecule has 0 radical (unpaired) electrons. The van der Waals surface area contributed by atoms with E-state index in [1.807, 2.05) is 60.7 Å². The Morgan fingerprint density at radius 1 is 0.750 bits per heavy atom. The van der Waals surface area contributed by atoms with Gasteiger partial charge in [0.05, 0.1) is 12.2 Å². The van der Waals surface area contributed by atoms with Gasteiger partial charge in [0.25, 0.3) is 0 Å². The van der Waals surface area contributed by atoms with E-state index in [0.717, 1.165) is 23.5 Å². The minimum Gasteiger partial charge on any atom is -0.411 e. The normalized spacial score (nSPS) is 22.5. The summed E-state index contributed by atoms with van der Waals surface area (Å²) in [7, 11) is -9.22. The van der Waals surface area contributed by atoms with Crippen LogP contribution in [-0.4, -0.2) is 48.9 Å². The van der Waals surface area contributed by atoms with Crippen LogP contribution in [0.25, 0.3) is 0 Å². The van der Waals surface area contributed by atoms with Gasteiger partial charge in [-0.3, -0.25) is 0 Å².